The van der Waals surface area contributed by atoms with Crippen molar-refractivity contribution in [2.24, 2.45) is 5.92 Å². The summed E-state index contributed by atoms with van der Waals surface area (Å²) in [6, 6.07) is 1.96. The highest BCUT2D eigenvalue weighted by Gasteiger charge is 2.37. The highest BCUT2D eigenvalue weighted by atomic mass is 16.5. The lowest BCUT2D eigenvalue weighted by molar-refractivity contribution is 0.390. The molecule has 0 amide bonds. The van der Waals surface area contributed by atoms with E-state index in [4.69, 9.17) is 15.2 Å². The Bertz CT molecular complexity index is 451. The van der Waals surface area contributed by atoms with Crippen molar-refractivity contribution < 1.29 is 9.47 Å². The molecule has 0 spiro atoms. The van der Waals surface area contributed by atoms with Crippen LogP contribution in [0.5, 0.6) is 11.5 Å². The molecule has 0 atom stereocenters. The maximum absolute atomic E-state index is 5.91. The molecule has 0 aromatic heterocycles. The minimum absolute atomic E-state index is 0.0381. The van der Waals surface area contributed by atoms with Gasteiger partial charge in [-0.2, -0.15) is 0 Å². The molecule has 3 N–H and O–H groups in total. The van der Waals surface area contributed by atoms with Gasteiger partial charge in [0.25, 0.3) is 0 Å². The molecular weight excluding hydrogens is 240 g/mol. The zero-order chi connectivity index (χ0) is 14.8. The van der Waals surface area contributed by atoms with Gasteiger partial charge in [0, 0.05) is 5.56 Å². The molecule has 1 aromatic carbocycles. The Hall–Kier alpha value is -1.58. The number of anilines is 2. The van der Waals surface area contributed by atoms with E-state index < -0.39 is 0 Å². The molecule has 0 saturated heterocycles. The molecule has 0 radical (unpaired) electrons. The fourth-order valence-electron chi connectivity index (χ4n) is 1.97. The number of fused-ring (bicyclic) bond motifs is 1. The normalized spacial score (nSPS) is 14.5. The van der Waals surface area contributed by atoms with Gasteiger partial charge in [0.1, 0.15) is 11.4 Å². The molecule has 1 aromatic rings. The highest BCUT2D eigenvalue weighted by Crippen LogP contribution is 2.52. The summed E-state index contributed by atoms with van der Waals surface area (Å²) in [7, 11) is 3.22. The van der Waals surface area contributed by atoms with E-state index in [1.807, 2.05) is 6.07 Å². The van der Waals surface area contributed by atoms with Crippen LogP contribution in [0.15, 0.2) is 6.07 Å². The molecule has 0 saturated carbocycles. The van der Waals surface area contributed by atoms with Crippen molar-refractivity contribution in [1.82, 2.24) is 0 Å². The first-order valence-corrected chi connectivity index (χ1v) is 6.57. The van der Waals surface area contributed by atoms with Crippen molar-refractivity contribution in [2.45, 2.75) is 40.2 Å². The van der Waals surface area contributed by atoms with E-state index in [1.165, 1.54) is 5.56 Å². The summed E-state index contributed by atoms with van der Waals surface area (Å²) in [5, 5.41) is 3.31. The van der Waals surface area contributed by atoms with Crippen LogP contribution in [0, 0.1) is 5.92 Å². The lowest BCUT2D eigenvalue weighted by atomic mass is 9.83. The molecule has 0 fully saturated rings. The van der Waals surface area contributed by atoms with E-state index in [9.17, 15) is 0 Å². The van der Waals surface area contributed by atoms with Crippen molar-refractivity contribution in [3.63, 3.8) is 0 Å². The van der Waals surface area contributed by atoms with Crippen LogP contribution in [-0.2, 0) is 5.54 Å². The first-order valence-electron chi connectivity index (χ1n) is 6.57. The highest BCUT2D eigenvalue weighted by molar-refractivity contribution is 5.84. The van der Waals surface area contributed by atoms with Crippen molar-refractivity contribution in [2.75, 3.05) is 25.3 Å². The zero-order valence-corrected chi connectivity index (χ0v) is 13.0. The number of ether oxygens (including phenoxy) is 2. The Balaban J connectivity index is 0.000000399. The molecular formula is C15H26N2O2. The average molecular weight is 266 g/mol. The fourth-order valence-corrected chi connectivity index (χ4v) is 1.97. The van der Waals surface area contributed by atoms with Crippen LogP contribution in [0.3, 0.4) is 0 Å². The minimum Gasteiger partial charge on any atom is -0.494 e. The first-order chi connectivity index (χ1) is 8.74. The third-order valence-electron chi connectivity index (χ3n) is 2.82. The monoisotopic (exact) mass is 266 g/mol. The van der Waals surface area contributed by atoms with Crippen molar-refractivity contribution in [3.05, 3.63) is 11.6 Å². The lowest BCUT2D eigenvalue weighted by Crippen LogP contribution is -2.38. The van der Waals surface area contributed by atoms with Gasteiger partial charge in [-0.3, -0.25) is 0 Å². The van der Waals surface area contributed by atoms with Gasteiger partial charge in [-0.25, -0.2) is 0 Å². The van der Waals surface area contributed by atoms with Gasteiger partial charge in [-0.05, 0) is 25.8 Å². The quantitative estimate of drug-likeness (QED) is 0.803. The number of nitrogens with two attached hydrogens (primary N) is 1. The molecule has 1 heterocycles. The number of nitrogen functional groups attached to an aromatic ring is 1. The topological polar surface area (TPSA) is 56.5 Å². The number of benzene rings is 1. The van der Waals surface area contributed by atoms with Gasteiger partial charge in [-0.15, -0.1) is 0 Å². The molecule has 108 valence electrons. The first kappa shape index (κ1) is 15.5. The van der Waals surface area contributed by atoms with Crippen LogP contribution in [0.2, 0.25) is 0 Å². The summed E-state index contributed by atoms with van der Waals surface area (Å²) in [5.74, 6) is 2.17. The maximum atomic E-state index is 5.91. The minimum atomic E-state index is -0.0381. The molecule has 2 rings (SSSR count). The Morgan fingerprint density at radius 2 is 1.68 bits per heavy atom. The SMILES string of the molecule is CC(C)C.COc1cc2c(c(OC)c1N)NC2(C)C. The van der Waals surface area contributed by atoms with E-state index >= 15 is 0 Å². The second-order valence-corrected chi connectivity index (χ2v) is 5.93. The van der Waals surface area contributed by atoms with Gasteiger partial charge in [0.05, 0.1) is 25.4 Å². The third-order valence-corrected chi connectivity index (χ3v) is 2.82. The molecule has 4 nitrogen and oxygen atoms in total. The molecule has 1 aliphatic heterocycles. The van der Waals surface area contributed by atoms with Crippen LogP contribution >= 0.6 is 0 Å². The van der Waals surface area contributed by atoms with Crippen LogP contribution < -0.4 is 20.5 Å². The number of hydrogen-bond acceptors (Lipinski definition) is 4. The van der Waals surface area contributed by atoms with E-state index in [0.717, 1.165) is 11.6 Å². The molecule has 0 bridgehead atoms. The number of rotatable bonds is 2. The smallest absolute Gasteiger partial charge is 0.169 e. The lowest BCUT2D eigenvalue weighted by Gasteiger charge is -2.41. The largest absolute Gasteiger partial charge is 0.494 e. The van der Waals surface area contributed by atoms with Gasteiger partial charge >= 0.3 is 0 Å². The van der Waals surface area contributed by atoms with Crippen molar-refractivity contribution in [1.29, 1.82) is 0 Å². The van der Waals surface area contributed by atoms with Gasteiger partial charge in [0.15, 0.2) is 5.75 Å². The van der Waals surface area contributed by atoms with E-state index in [2.05, 4.69) is 39.9 Å². The van der Waals surface area contributed by atoms with Gasteiger partial charge in [-0.1, -0.05) is 20.8 Å². The Kier molecular flexibility index (Phi) is 4.56. The summed E-state index contributed by atoms with van der Waals surface area (Å²) in [6.07, 6.45) is 0. The third kappa shape index (κ3) is 3.06. The Morgan fingerprint density at radius 3 is 2.05 bits per heavy atom. The summed E-state index contributed by atoms with van der Waals surface area (Å²) in [6.45, 7) is 10.7. The van der Waals surface area contributed by atoms with E-state index in [0.29, 0.717) is 17.2 Å². The van der Waals surface area contributed by atoms with E-state index in [1.54, 1.807) is 14.2 Å². The van der Waals surface area contributed by atoms with Gasteiger partial charge in [0.2, 0.25) is 0 Å². The standard InChI is InChI=1S/C11H16N2O2.C4H10/c1-11(2)6-5-7(14-3)8(12)10(15-4)9(6)13-11;1-4(2)3/h5,13H,12H2,1-4H3;4H,1-3H3. The van der Waals surface area contributed by atoms with Crippen LogP contribution in [0.25, 0.3) is 0 Å². The average Bonchev–Trinajstić information content (AvgIpc) is 2.28. The molecule has 4 heteroatoms. The molecule has 0 unspecified atom stereocenters. The summed E-state index contributed by atoms with van der Waals surface area (Å²) >= 11 is 0. The number of hydrogen-bond donors (Lipinski definition) is 2. The van der Waals surface area contributed by atoms with Crippen LogP contribution in [-0.4, -0.2) is 14.2 Å². The van der Waals surface area contributed by atoms with Crippen LogP contribution in [0.1, 0.15) is 40.2 Å². The number of methoxy groups -OCH3 is 2. The molecule has 0 aliphatic carbocycles. The van der Waals surface area contributed by atoms with Crippen LogP contribution in [0.4, 0.5) is 11.4 Å². The molecule has 19 heavy (non-hydrogen) atoms. The summed E-state index contributed by atoms with van der Waals surface area (Å²) in [5.41, 5.74) is 8.56. The second kappa shape index (κ2) is 5.59. The summed E-state index contributed by atoms with van der Waals surface area (Å²) < 4.78 is 10.5. The maximum Gasteiger partial charge on any atom is 0.169 e. The Labute approximate surface area is 116 Å². The van der Waals surface area contributed by atoms with Crippen molar-refractivity contribution >= 4 is 11.4 Å². The number of nitrogens with one attached hydrogen (secondary N) is 1. The van der Waals surface area contributed by atoms with E-state index in [-0.39, 0.29) is 5.54 Å². The second-order valence-electron chi connectivity index (χ2n) is 5.93. The Morgan fingerprint density at radius 1 is 1.16 bits per heavy atom. The van der Waals surface area contributed by atoms with Gasteiger partial charge < -0.3 is 20.5 Å². The zero-order valence-electron chi connectivity index (χ0n) is 13.0. The fraction of sp³-hybridized carbons (Fsp3) is 0.600. The predicted octanol–water partition coefficient (Wildman–Crippen LogP) is 3.61. The predicted molar refractivity (Wildman–Crippen MR) is 81.1 cm³/mol. The summed E-state index contributed by atoms with van der Waals surface area (Å²) in [4.78, 5) is 0. The van der Waals surface area contributed by atoms with Crippen molar-refractivity contribution in [3.8, 4) is 11.5 Å². The molecule has 1 aliphatic rings.